The van der Waals surface area contributed by atoms with Crippen LogP contribution in [-0.4, -0.2) is 4.37 Å². The molecule has 2 heteroatoms. The van der Waals surface area contributed by atoms with Crippen LogP contribution in [0.1, 0.15) is 21.7 Å². The van der Waals surface area contributed by atoms with Crippen molar-refractivity contribution in [2.45, 2.75) is 13.8 Å². The summed E-state index contributed by atoms with van der Waals surface area (Å²) in [5.74, 6) is 0. The van der Waals surface area contributed by atoms with Gasteiger partial charge in [0.15, 0.2) is 0 Å². The Kier molecular flexibility index (Phi) is 2.97. The van der Waals surface area contributed by atoms with E-state index in [1.54, 1.807) is 11.5 Å². The Hall–Kier alpha value is -1.41. The molecule has 0 aliphatic rings. The number of rotatable bonds is 2. The third kappa shape index (κ3) is 2.34. The van der Waals surface area contributed by atoms with Crippen molar-refractivity contribution >= 4 is 23.7 Å². The topological polar surface area (TPSA) is 12.9 Å². The Morgan fingerprint density at radius 1 is 1.07 bits per heavy atom. The molecule has 0 radical (unpaired) electrons. The van der Waals surface area contributed by atoms with Gasteiger partial charge >= 0.3 is 0 Å². The van der Waals surface area contributed by atoms with Crippen molar-refractivity contribution in [3.05, 3.63) is 52.0 Å². The lowest BCUT2D eigenvalue weighted by Crippen LogP contribution is -1.76. The molecule has 1 nitrogen and oxygen atoms in total. The number of benzene rings is 1. The van der Waals surface area contributed by atoms with Crippen molar-refractivity contribution in [1.29, 1.82) is 0 Å². The molecule has 0 spiro atoms. The summed E-state index contributed by atoms with van der Waals surface area (Å²) in [4.78, 5) is 1.28. The second-order valence-corrected chi connectivity index (χ2v) is 4.46. The van der Waals surface area contributed by atoms with E-state index in [9.17, 15) is 0 Å². The van der Waals surface area contributed by atoms with Gasteiger partial charge in [-0.25, -0.2) is 0 Å². The van der Waals surface area contributed by atoms with E-state index in [0.29, 0.717) is 0 Å². The van der Waals surface area contributed by atoms with E-state index >= 15 is 0 Å². The van der Waals surface area contributed by atoms with E-state index < -0.39 is 0 Å². The molecule has 0 bridgehead atoms. The molecule has 0 saturated carbocycles. The summed E-state index contributed by atoms with van der Waals surface area (Å²) in [7, 11) is 0. The molecule has 1 aromatic heterocycles. The molecule has 0 fully saturated rings. The molecule has 2 aromatic rings. The first-order valence-electron chi connectivity index (χ1n) is 4.93. The van der Waals surface area contributed by atoms with Crippen LogP contribution >= 0.6 is 11.5 Å². The van der Waals surface area contributed by atoms with Gasteiger partial charge in [-0.1, -0.05) is 42.5 Å². The van der Waals surface area contributed by atoms with Crippen molar-refractivity contribution in [2.24, 2.45) is 0 Å². The lowest BCUT2D eigenvalue weighted by atomic mass is 10.1. The van der Waals surface area contributed by atoms with Crippen LogP contribution in [0.3, 0.4) is 0 Å². The molecule has 0 amide bonds. The Morgan fingerprint density at radius 2 is 1.80 bits per heavy atom. The summed E-state index contributed by atoms with van der Waals surface area (Å²) >= 11 is 1.56. The lowest BCUT2D eigenvalue weighted by molar-refractivity contribution is 1.32. The van der Waals surface area contributed by atoms with E-state index in [-0.39, 0.29) is 0 Å². The molecular weight excluding hydrogens is 202 g/mol. The fourth-order valence-corrected chi connectivity index (χ4v) is 2.16. The highest BCUT2D eigenvalue weighted by atomic mass is 32.1. The van der Waals surface area contributed by atoms with Gasteiger partial charge in [0.05, 0.1) is 5.69 Å². The zero-order valence-electron chi connectivity index (χ0n) is 8.90. The molecule has 0 aliphatic carbocycles. The van der Waals surface area contributed by atoms with Crippen molar-refractivity contribution < 1.29 is 0 Å². The highest BCUT2D eigenvalue weighted by Crippen LogP contribution is 2.19. The lowest BCUT2D eigenvalue weighted by Gasteiger charge is -1.93. The van der Waals surface area contributed by atoms with Gasteiger partial charge in [-0.05, 0) is 30.9 Å². The van der Waals surface area contributed by atoms with Crippen LogP contribution in [0.5, 0.6) is 0 Å². The first-order valence-corrected chi connectivity index (χ1v) is 5.71. The predicted molar refractivity (Wildman–Crippen MR) is 67.0 cm³/mol. The third-order valence-corrected chi connectivity index (χ3v) is 3.19. The van der Waals surface area contributed by atoms with Crippen molar-refractivity contribution in [3.63, 3.8) is 0 Å². The number of hydrogen-bond acceptors (Lipinski definition) is 2. The van der Waals surface area contributed by atoms with Crippen molar-refractivity contribution in [1.82, 2.24) is 4.37 Å². The number of aryl methyl sites for hydroxylation is 2. The molecule has 76 valence electrons. The maximum atomic E-state index is 4.32. The van der Waals surface area contributed by atoms with Crippen LogP contribution in [0.2, 0.25) is 0 Å². The highest BCUT2D eigenvalue weighted by Gasteiger charge is 2.01. The van der Waals surface area contributed by atoms with Crippen molar-refractivity contribution in [2.75, 3.05) is 0 Å². The average molecular weight is 215 g/mol. The van der Waals surface area contributed by atoms with Gasteiger partial charge in [0.25, 0.3) is 0 Å². The minimum absolute atomic E-state index is 1.12. The molecular formula is C13H13NS. The Balaban J connectivity index is 2.26. The first kappa shape index (κ1) is 10.1. The van der Waals surface area contributed by atoms with Crippen LogP contribution in [0.4, 0.5) is 0 Å². The van der Waals surface area contributed by atoms with Crippen LogP contribution in [0, 0.1) is 13.8 Å². The Morgan fingerprint density at radius 3 is 2.40 bits per heavy atom. The largest absolute Gasteiger partial charge is 0.197 e. The fourth-order valence-electron chi connectivity index (χ4n) is 1.47. The second kappa shape index (κ2) is 4.41. The summed E-state index contributed by atoms with van der Waals surface area (Å²) in [5, 5.41) is 0. The second-order valence-electron chi connectivity index (χ2n) is 3.48. The maximum Gasteiger partial charge on any atom is 0.0586 e. The SMILES string of the molecule is Cc1nsc(C)c1/C=C\c1ccccc1. The fraction of sp³-hybridized carbons (Fsp3) is 0.154. The van der Waals surface area contributed by atoms with Crippen LogP contribution in [0.15, 0.2) is 30.3 Å². The smallest absolute Gasteiger partial charge is 0.0586 e. The van der Waals surface area contributed by atoms with Crippen LogP contribution < -0.4 is 0 Å². The Labute approximate surface area is 94.3 Å². The van der Waals surface area contributed by atoms with E-state index in [2.05, 4.69) is 35.6 Å². The van der Waals surface area contributed by atoms with E-state index in [1.807, 2.05) is 25.1 Å². The van der Waals surface area contributed by atoms with Gasteiger partial charge in [0.1, 0.15) is 0 Å². The minimum Gasteiger partial charge on any atom is -0.197 e. The molecule has 0 N–H and O–H groups in total. The molecule has 15 heavy (non-hydrogen) atoms. The summed E-state index contributed by atoms with van der Waals surface area (Å²) in [6.07, 6.45) is 4.27. The van der Waals surface area contributed by atoms with Gasteiger partial charge < -0.3 is 0 Å². The Bertz CT molecular complexity index is 449. The molecule has 0 atom stereocenters. The quantitative estimate of drug-likeness (QED) is 0.739. The molecule has 1 aromatic carbocycles. The zero-order valence-corrected chi connectivity index (χ0v) is 9.71. The number of aromatic nitrogens is 1. The van der Waals surface area contributed by atoms with Gasteiger partial charge in [0.2, 0.25) is 0 Å². The normalized spacial score (nSPS) is 11.1. The van der Waals surface area contributed by atoms with E-state index in [1.165, 1.54) is 16.0 Å². The summed E-state index contributed by atoms with van der Waals surface area (Å²) in [6, 6.07) is 10.3. The maximum absolute atomic E-state index is 4.32. The molecule has 0 aliphatic heterocycles. The molecule has 2 rings (SSSR count). The molecule has 0 unspecified atom stereocenters. The third-order valence-electron chi connectivity index (χ3n) is 2.33. The summed E-state index contributed by atoms with van der Waals surface area (Å²) in [6.45, 7) is 4.16. The monoisotopic (exact) mass is 215 g/mol. The highest BCUT2D eigenvalue weighted by molar-refractivity contribution is 7.06. The average Bonchev–Trinajstić information content (AvgIpc) is 2.58. The first-order chi connectivity index (χ1) is 7.27. The van der Waals surface area contributed by atoms with Crippen LogP contribution in [0.25, 0.3) is 12.2 Å². The van der Waals surface area contributed by atoms with Gasteiger partial charge in [0, 0.05) is 10.4 Å². The van der Waals surface area contributed by atoms with Gasteiger partial charge in [-0.15, -0.1) is 0 Å². The summed E-state index contributed by atoms with van der Waals surface area (Å²) < 4.78 is 4.32. The number of hydrogen-bond donors (Lipinski definition) is 0. The van der Waals surface area contributed by atoms with Crippen molar-refractivity contribution in [3.8, 4) is 0 Å². The molecule has 0 saturated heterocycles. The van der Waals surface area contributed by atoms with Gasteiger partial charge in [-0.2, -0.15) is 4.37 Å². The summed E-state index contributed by atoms with van der Waals surface area (Å²) in [5.41, 5.74) is 3.59. The predicted octanol–water partition coefficient (Wildman–Crippen LogP) is 3.93. The van der Waals surface area contributed by atoms with E-state index in [4.69, 9.17) is 0 Å². The van der Waals surface area contributed by atoms with Crippen LogP contribution in [-0.2, 0) is 0 Å². The number of nitrogens with zero attached hydrogens (tertiary/aromatic N) is 1. The standard InChI is InChI=1S/C13H13NS/c1-10-13(11(2)15-14-10)9-8-12-6-4-3-5-7-12/h3-9H,1-2H3/b9-8-. The van der Waals surface area contributed by atoms with E-state index in [0.717, 1.165) is 5.69 Å². The zero-order chi connectivity index (χ0) is 10.7. The van der Waals surface area contributed by atoms with Gasteiger partial charge in [-0.3, -0.25) is 0 Å². The minimum atomic E-state index is 1.12. The molecule has 1 heterocycles.